The lowest BCUT2D eigenvalue weighted by Crippen LogP contribution is -2.43. The standard InChI is InChI=1S/C29H40Cl2N8O8Si/c1-29(2)46-15-18(47-29)13-37-14-19(39(41)42)27(35-37)34-22-12-23(33-16-32-22)36(3)28(40)38(17-45-9-10-48(6,7)8)26-24(30)20(43-4)11-21(44-5)25(26)31/h11-12,14,16,18H,9-10,13,15,17H2,1-8H3,(H,32,33,34,35). The maximum Gasteiger partial charge on any atom is 0.331 e. The average Bonchev–Trinajstić information content (AvgIpc) is 3.58. The maximum absolute atomic E-state index is 14.1. The van der Waals surface area contributed by atoms with Crippen LogP contribution in [0.2, 0.25) is 35.7 Å². The highest BCUT2D eigenvalue weighted by Crippen LogP contribution is 2.46. The largest absolute Gasteiger partial charge is 0.495 e. The number of methoxy groups -OCH3 is 2. The number of urea groups is 1. The maximum atomic E-state index is 14.1. The first-order valence-corrected chi connectivity index (χ1v) is 19.4. The Hall–Kier alpha value is -3.74. The lowest BCUT2D eigenvalue weighted by molar-refractivity contribution is -0.384. The van der Waals surface area contributed by atoms with Crippen molar-refractivity contribution in [1.29, 1.82) is 0 Å². The second kappa shape index (κ2) is 15.2. The van der Waals surface area contributed by atoms with E-state index in [4.69, 9.17) is 46.9 Å². The lowest BCUT2D eigenvalue weighted by Gasteiger charge is -2.30. The molecule has 2 aromatic heterocycles. The number of amides is 2. The summed E-state index contributed by atoms with van der Waals surface area (Å²) in [6.07, 6.45) is 2.16. The van der Waals surface area contributed by atoms with E-state index in [-0.39, 0.29) is 69.8 Å². The number of nitrogens with zero attached hydrogens (tertiary/aromatic N) is 7. The number of aromatic nitrogens is 4. The molecule has 0 aliphatic carbocycles. The van der Waals surface area contributed by atoms with Gasteiger partial charge in [0.1, 0.15) is 58.5 Å². The summed E-state index contributed by atoms with van der Waals surface area (Å²) in [6, 6.07) is 3.21. The van der Waals surface area contributed by atoms with Crippen molar-refractivity contribution >= 4 is 66.1 Å². The van der Waals surface area contributed by atoms with E-state index in [9.17, 15) is 14.9 Å². The first-order valence-electron chi connectivity index (χ1n) is 14.9. The number of anilines is 4. The first kappa shape index (κ1) is 37.1. The fourth-order valence-corrected chi connectivity index (χ4v) is 6.11. The number of nitrogens with one attached hydrogen (secondary N) is 1. The third kappa shape index (κ3) is 9.03. The molecular weight excluding hydrogens is 687 g/mol. The van der Waals surface area contributed by atoms with Gasteiger partial charge in [-0.25, -0.2) is 14.8 Å². The quantitative estimate of drug-likeness (QED) is 0.0660. The van der Waals surface area contributed by atoms with Crippen molar-refractivity contribution in [1.82, 2.24) is 19.7 Å². The number of benzene rings is 1. The molecule has 0 spiro atoms. The molecule has 48 heavy (non-hydrogen) atoms. The van der Waals surface area contributed by atoms with Crippen LogP contribution >= 0.6 is 23.2 Å². The molecule has 1 N–H and O–H groups in total. The molecule has 4 rings (SSSR count). The Morgan fingerprint density at radius 3 is 2.42 bits per heavy atom. The van der Waals surface area contributed by atoms with E-state index in [1.54, 1.807) is 13.8 Å². The smallest absolute Gasteiger partial charge is 0.331 e. The Labute approximate surface area is 289 Å². The normalized spacial score (nSPS) is 15.7. The summed E-state index contributed by atoms with van der Waals surface area (Å²) in [5, 5.41) is 19.2. The molecule has 0 saturated carbocycles. The summed E-state index contributed by atoms with van der Waals surface area (Å²) in [6.45, 7) is 11.0. The van der Waals surface area contributed by atoms with E-state index in [1.165, 1.54) is 60.4 Å². The summed E-state index contributed by atoms with van der Waals surface area (Å²) in [5.41, 5.74) is -0.163. The molecule has 262 valence electrons. The van der Waals surface area contributed by atoms with Crippen molar-refractivity contribution in [2.75, 3.05) is 56.3 Å². The van der Waals surface area contributed by atoms with E-state index >= 15 is 0 Å². The van der Waals surface area contributed by atoms with Gasteiger partial charge in [0.05, 0.1) is 38.0 Å². The van der Waals surface area contributed by atoms with Crippen LogP contribution in [0, 0.1) is 10.1 Å². The van der Waals surface area contributed by atoms with Gasteiger partial charge in [0.25, 0.3) is 0 Å². The molecule has 1 aromatic carbocycles. The molecule has 0 radical (unpaired) electrons. The Morgan fingerprint density at radius 2 is 1.85 bits per heavy atom. The van der Waals surface area contributed by atoms with Gasteiger partial charge in [-0.3, -0.25) is 24.6 Å². The van der Waals surface area contributed by atoms with Crippen LogP contribution in [-0.2, 0) is 20.8 Å². The van der Waals surface area contributed by atoms with Gasteiger partial charge in [0, 0.05) is 33.9 Å². The van der Waals surface area contributed by atoms with Crippen molar-refractivity contribution in [2.45, 2.75) is 58.0 Å². The molecule has 1 fully saturated rings. The fourth-order valence-electron chi connectivity index (χ4n) is 4.65. The van der Waals surface area contributed by atoms with Crippen LogP contribution in [0.25, 0.3) is 0 Å². The Bertz CT molecular complexity index is 1610. The summed E-state index contributed by atoms with van der Waals surface area (Å²) in [4.78, 5) is 36.4. The number of hydrogen-bond donors (Lipinski definition) is 1. The summed E-state index contributed by atoms with van der Waals surface area (Å²) in [5.74, 6) is -0.0478. The Morgan fingerprint density at radius 1 is 1.19 bits per heavy atom. The minimum absolute atomic E-state index is 0.0590. The minimum Gasteiger partial charge on any atom is -0.495 e. The molecule has 0 bridgehead atoms. The molecular formula is C29H40Cl2N8O8Si. The Balaban J connectivity index is 1.61. The highest BCUT2D eigenvalue weighted by molar-refractivity contribution is 6.76. The molecule has 16 nitrogen and oxygen atoms in total. The van der Waals surface area contributed by atoms with Crippen LogP contribution in [0.15, 0.2) is 24.7 Å². The third-order valence-corrected chi connectivity index (χ3v) is 9.63. The number of nitro groups is 1. The molecule has 1 saturated heterocycles. The van der Waals surface area contributed by atoms with Gasteiger partial charge in [-0.1, -0.05) is 42.8 Å². The number of rotatable bonds is 14. The predicted octanol–water partition coefficient (Wildman–Crippen LogP) is 6.18. The molecule has 2 amide bonds. The van der Waals surface area contributed by atoms with Gasteiger partial charge in [-0.05, 0) is 19.9 Å². The lowest BCUT2D eigenvalue weighted by atomic mass is 10.2. The zero-order valence-corrected chi connectivity index (χ0v) is 30.6. The zero-order valence-electron chi connectivity index (χ0n) is 28.1. The SMILES string of the molecule is COc1cc(OC)c(Cl)c(N(COCC[Si](C)(C)C)C(=O)N(C)c2cc(Nc3nn(CC4COC(C)(C)O4)cc3[N+](=O)[O-])ncn2)c1Cl. The summed E-state index contributed by atoms with van der Waals surface area (Å²) >= 11 is 13.4. The zero-order chi connectivity index (χ0) is 35.4. The number of halogens is 2. The fraction of sp³-hybridized carbons (Fsp3) is 0.517. The summed E-state index contributed by atoms with van der Waals surface area (Å²) < 4.78 is 29.6. The second-order valence-electron chi connectivity index (χ2n) is 12.6. The van der Waals surface area contributed by atoms with Crippen molar-refractivity contribution in [3.05, 3.63) is 44.8 Å². The van der Waals surface area contributed by atoms with E-state index in [0.29, 0.717) is 13.2 Å². The topological polar surface area (TPSA) is 168 Å². The highest BCUT2D eigenvalue weighted by Gasteiger charge is 2.34. The van der Waals surface area contributed by atoms with Gasteiger partial charge >= 0.3 is 11.7 Å². The third-order valence-electron chi connectivity index (χ3n) is 7.19. The molecule has 1 aliphatic rings. The van der Waals surface area contributed by atoms with Crippen LogP contribution in [0.5, 0.6) is 11.5 Å². The van der Waals surface area contributed by atoms with Crippen LogP contribution in [0.3, 0.4) is 0 Å². The number of carbonyl (C=O) groups is 1. The van der Waals surface area contributed by atoms with Crippen LogP contribution in [0.4, 0.5) is 33.6 Å². The average molecular weight is 728 g/mol. The molecule has 1 aliphatic heterocycles. The van der Waals surface area contributed by atoms with Crippen LogP contribution in [-0.4, -0.2) is 91.9 Å². The minimum atomic E-state index is -1.44. The van der Waals surface area contributed by atoms with Crippen LogP contribution < -0.4 is 24.6 Å². The van der Waals surface area contributed by atoms with E-state index in [2.05, 4.69) is 40.0 Å². The van der Waals surface area contributed by atoms with Crippen LogP contribution in [0.1, 0.15) is 13.8 Å². The summed E-state index contributed by atoms with van der Waals surface area (Å²) in [7, 11) is 2.91. The number of hydrogen-bond acceptors (Lipinski definition) is 12. The van der Waals surface area contributed by atoms with Gasteiger partial charge < -0.3 is 29.0 Å². The molecule has 3 heterocycles. The molecule has 1 atom stereocenters. The first-order chi connectivity index (χ1) is 22.5. The van der Waals surface area contributed by atoms with Gasteiger partial charge in [-0.2, -0.15) is 0 Å². The number of carbonyl (C=O) groups excluding carboxylic acids is 1. The van der Waals surface area contributed by atoms with E-state index in [0.717, 1.165) is 6.04 Å². The van der Waals surface area contributed by atoms with E-state index < -0.39 is 24.8 Å². The van der Waals surface area contributed by atoms with Gasteiger partial charge in [-0.15, -0.1) is 5.10 Å². The predicted molar refractivity (Wildman–Crippen MR) is 184 cm³/mol. The molecule has 3 aromatic rings. The van der Waals surface area contributed by atoms with Gasteiger partial charge in [0.15, 0.2) is 5.79 Å². The number of ether oxygens (including phenoxy) is 5. The monoisotopic (exact) mass is 726 g/mol. The van der Waals surface area contributed by atoms with Crippen molar-refractivity contribution in [3.63, 3.8) is 0 Å². The second-order valence-corrected chi connectivity index (χ2v) is 18.9. The van der Waals surface area contributed by atoms with Crippen molar-refractivity contribution < 1.29 is 33.4 Å². The van der Waals surface area contributed by atoms with Gasteiger partial charge in [0.2, 0.25) is 5.82 Å². The molecule has 1 unspecified atom stereocenters. The highest BCUT2D eigenvalue weighted by atomic mass is 35.5. The van der Waals surface area contributed by atoms with Crippen molar-refractivity contribution in [2.24, 2.45) is 0 Å². The van der Waals surface area contributed by atoms with Crippen molar-refractivity contribution in [3.8, 4) is 11.5 Å². The Kier molecular flexibility index (Phi) is 11.8. The molecule has 19 heteroatoms. The van der Waals surface area contributed by atoms with E-state index in [1.807, 2.05) is 0 Å².